The summed E-state index contributed by atoms with van der Waals surface area (Å²) in [6.45, 7) is 7.61. The summed E-state index contributed by atoms with van der Waals surface area (Å²) in [6.07, 6.45) is 1.50. The molecule has 0 N–H and O–H groups in total. The summed E-state index contributed by atoms with van der Waals surface area (Å²) in [7, 11) is 0. The van der Waals surface area contributed by atoms with Crippen molar-refractivity contribution in [2.45, 2.75) is 40.5 Å². The summed E-state index contributed by atoms with van der Waals surface area (Å²) < 4.78 is 27.5. The van der Waals surface area contributed by atoms with Crippen molar-refractivity contribution in [3.8, 4) is 0 Å². The van der Waals surface area contributed by atoms with Crippen LogP contribution in [0.5, 0.6) is 0 Å². The van der Waals surface area contributed by atoms with E-state index >= 15 is 0 Å². The number of hydrogen-bond acceptors (Lipinski definition) is 1. The van der Waals surface area contributed by atoms with Crippen molar-refractivity contribution in [3.63, 3.8) is 0 Å². The number of benzene rings is 2. The van der Waals surface area contributed by atoms with Crippen molar-refractivity contribution in [2.75, 3.05) is 4.90 Å². The molecule has 0 bridgehead atoms. The van der Waals surface area contributed by atoms with Gasteiger partial charge in [0.15, 0.2) is 0 Å². The third-order valence-electron chi connectivity index (χ3n) is 4.03. The molecule has 0 atom stereocenters. The van der Waals surface area contributed by atoms with E-state index in [0.717, 1.165) is 18.1 Å². The number of halogens is 2. The Morgan fingerprint density at radius 3 is 2.24 bits per heavy atom. The third-order valence-corrected chi connectivity index (χ3v) is 4.03. The van der Waals surface area contributed by atoms with Crippen molar-refractivity contribution in [1.29, 1.82) is 0 Å². The summed E-state index contributed by atoms with van der Waals surface area (Å²) in [5.74, 6) is -1.90. The Hall–Kier alpha value is -1.52. The minimum absolute atomic E-state index is 0. The van der Waals surface area contributed by atoms with E-state index in [1.54, 1.807) is 12.1 Å². The molecular weight excluding hydrogens is 356 g/mol. The second-order valence-corrected chi connectivity index (χ2v) is 6.62. The fraction of sp³-hybridized carbons (Fsp3) is 0.350. The van der Waals surface area contributed by atoms with Gasteiger partial charge in [-0.05, 0) is 31.2 Å². The second kappa shape index (κ2) is 8.73. The van der Waals surface area contributed by atoms with Crippen LogP contribution in [0.1, 0.15) is 39.2 Å². The predicted molar refractivity (Wildman–Crippen MR) is 92.2 cm³/mol. The van der Waals surface area contributed by atoms with Crippen LogP contribution in [0.3, 0.4) is 0 Å². The van der Waals surface area contributed by atoms with E-state index < -0.39 is 17.0 Å². The zero-order valence-corrected chi connectivity index (χ0v) is 16.6. The molecule has 0 aliphatic carbocycles. The Labute approximate surface area is 163 Å². The summed E-state index contributed by atoms with van der Waals surface area (Å²) in [4.78, 5) is 14.4. The molecule has 132 valence electrons. The van der Waals surface area contributed by atoms with E-state index in [4.69, 9.17) is 0 Å². The van der Waals surface area contributed by atoms with Crippen LogP contribution >= 0.6 is 0 Å². The monoisotopic (exact) mass is 378 g/mol. The Bertz CT molecular complexity index is 729. The molecule has 5 heteroatoms. The van der Waals surface area contributed by atoms with Crippen molar-refractivity contribution < 1.29 is 35.3 Å². The average Bonchev–Trinajstić information content (AvgIpc) is 2.51. The number of anilines is 2. The van der Waals surface area contributed by atoms with E-state index in [1.807, 2.05) is 45.9 Å². The van der Waals surface area contributed by atoms with Crippen molar-refractivity contribution in [3.05, 3.63) is 59.7 Å². The molecule has 2 aromatic carbocycles. The number of rotatable bonds is 5. The van der Waals surface area contributed by atoms with E-state index in [-0.39, 0.29) is 33.3 Å². The Balaban J connectivity index is 0.00000312. The van der Waals surface area contributed by atoms with Gasteiger partial charge in [0, 0.05) is 44.5 Å². The first-order chi connectivity index (χ1) is 11.3. The van der Waals surface area contributed by atoms with Gasteiger partial charge in [0.2, 0.25) is 5.91 Å². The molecule has 2 aromatic rings. The van der Waals surface area contributed by atoms with Gasteiger partial charge in [-0.15, -0.1) is 18.2 Å². The van der Waals surface area contributed by atoms with Gasteiger partial charge in [0.05, 0.1) is 0 Å². The SMILES string of the molecule is CCCC(C)(C)C(=O)N(c1ccc(C)cc1)c1ccc(F)[c-]c1F.[Ti]. The summed E-state index contributed by atoms with van der Waals surface area (Å²) >= 11 is 0. The zero-order valence-electron chi connectivity index (χ0n) is 15.0. The molecule has 0 spiro atoms. The molecule has 0 saturated carbocycles. The topological polar surface area (TPSA) is 20.3 Å². The van der Waals surface area contributed by atoms with Gasteiger partial charge in [0.25, 0.3) is 0 Å². The van der Waals surface area contributed by atoms with E-state index in [2.05, 4.69) is 0 Å². The van der Waals surface area contributed by atoms with Crippen LogP contribution in [-0.4, -0.2) is 5.91 Å². The molecular formula is C20H22F2NOTi-. The molecule has 0 heterocycles. The van der Waals surface area contributed by atoms with Crippen LogP contribution in [0.4, 0.5) is 20.2 Å². The normalized spacial score (nSPS) is 11.0. The van der Waals surface area contributed by atoms with Gasteiger partial charge in [-0.2, -0.15) is 0 Å². The molecule has 0 radical (unpaired) electrons. The summed E-state index contributed by atoms with van der Waals surface area (Å²) in [6, 6.07) is 11.6. The number of amides is 1. The van der Waals surface area contributed by atoms with Crippen LogP contribution in [0, 0.1) is 30.0 Å². The Morgan fingerprint density at radius 2 is 1.72 bits per heavy atom. The maximum atomic E-state index is 14.3. The fourth-order valence-corrected chi connectivity index (χ4v) is 2.70. The predicted octanol–water partition coefficient (Wildman–Crippen LogP) is 5.56. The van der Waals surface area contributed by atoms with Crippen LogP contribution in [0.25, 0.3) is 0 Å². The molecule has 0 saturated heterocycles. The van der Waals surface area contributed by atoms with Crippen molar-refractivity contribution in [2.24, 2.45) is 5.41 Å². The first kappa shape index (κ1) is 21.5. The van der Waals surface area contributed by atoms with Crippen molar-refractivity contribution in [1.82, 2.24) is 0 Å². The third kappa shape index (κ3) is 4.99. The number of hydrogen-bond donors (Lipinski definition) is 0. The van der Waals surface area contributed by atoms with Gasteiger partial charge in [-0.3, -0.25) is 4.79 Å². The number of nitrogens with zero attached hydrogens (tertiary/aromatic N) is 1. The molecule has 0 fully saturated rings. The number of carbonyl (C=O) groups is 1. The molecule has 1 amide bonds. The van der Waals surface area contributed by atoms with Crippen LogP contribution in [-0.2, 0) is 26.5 Å². The second-order valence-electron chi connectivity index (χ2n) is 6.62. The first-order valence-electron chi connectivity index (χ1n) is 8.05. The van der Waals surface area contributed by atoms with Crippen LogP contribution in [0.15, 0.2) is 36.4 Å². The molecule has 0 aliphatic heterocycles. The first-order valence-corrected chi connectivity index (χ1v) is 8.05. The standard InChI is InChI=1S/C20H22F2NO.Ti/c1-5-12-20(3,4)19(24)23(16-9-6-14(2)7-10-16)18-11-8-15(21)13-17(18)22;/h6-11H,5,12H2,1-4H3;/q-1;. The van der Waals surface area contributed by atoms with Gasteiger partial charge in [-0.25, -0.2) is 8.78 Å². The fourth-order valence-electron chi connectivity index (χ4n) is 2.70. The maximum absolute atomic E-state index is 14.3. The Morgan fingerprint density at radius 1 is 1.12 bits per heavy atom. The number of aryl methyl sites for hydroxylation is 1. The van der Waals surface area contributed by atoms with Crippen LogP contribution < -0.4 is 4.90 Å². The van der Waals surface area contributed by atoms with E-state index in [1.165, 1.54) is 11.0 Å². The average molecular weight is 378 g/mol. The zero-order chi connectivity index (χ0) is 17.9. The van der Waals surface area contributed by atoms with Gasteiger partial charge in [-0.1, -0.05) is 44.9 Å². The molecule has 0 unspecified atom stereocenters. The number of carbonyl (C=O) groups excluding carboxylic acids is 1. The smallest absolute Gasteiger partial charge is 0.226 e. The largest absolute Gasteiger partial charge is 0.333 e. The molecule has 2 nitrogen and oxygen atoms in total. The minimum Gasteiger partial charge on any atom is -0.333 e. The quantitative estimate of drug-likeness (QED) is 0.493. The molecule has 2 rings (SSSR count). The molecule has 0 aromatic heterocycles. The summed E-state index contributed by atoms with van der Waals surface area (Å²) in [5.41, 5.74) is 0.925. The summed E-state index contributed by atoms with van der Waals surface area (Å²) in [5, 5.41) is 0. The molecule has 0 aliphatic rings. The van der Waals surface area contributed by atoms with Crippen LogP contribution in [0.2, 0.25) is 0 Å². The van der Waals surface area contributed by atoms with Crippen molar-refractivity contribution >= 4 is 17.3 Å². The van der Waals surface area contributed by atoms with Gasteiger partial charge < -0.3 is 4.90 Å². The molecule has 25 heavy (non-hydrogen) atoms. The van der Waals surface area contributed by atoms with E-state index in [0.29, 0.717) is 12.1 Å². The van der Waals surface area contributed by atoms with Gasteiger partial charge in [0.1, 0.15) is 0 Å². The van der Waals surface area contributed by atoms with E-state index in [9.17, 15) is 13.6 Å². The maximum Gasteiger partial charge on any atom is 0.226 e. The minimum atomic E-state index is -0.878. The van der Waals surface area contributed by atoms with Gasteiger partial charge >= 0.3 is 0 Å². The Kier molecular flexibility index (Phi) is 7.51.